The van der Waals surface area contributed by atoms with Gasteiger partial charge in [0.15, 0.2) is 6.10 Å². The van der Waals surface area contributed by atoms with Crippen molar-refractivity contribution in [3.05, 3.63) is 0 Å². The van der Waals surface area contributed by atoms with Crippen LogP contribution in [0.25, 0.3) is 0 Å². The molecule has 4 atom stereocenters. The molecule has 0 unspecified atom stereocenters. The van der Waals surface area contributed by atoms with E-state index in [4.69, 9.17) is 9.47 Å². The van der Waals surface area contributed by atoms with Crippen molar-refractivity contribution in [1.82, 2.24) is 0 Å². The molecular formula is C28H54O6. The van der Waals surface area contributed by atoms with Gasteiger partial charge >= 0.3 is 5.97 Å². The smallest absolute Gasteiger partial charge is 0.306 e. The van der Waals surface area contributed by atoms with Crippen molar-refractivity contribution < 1.29 is 29.6 Å². The summed E-state index contributed by atoms with van der Waals surface area (Å²) < 4.78 is 10.5. The first-order chi connectivity index (χ1) is 16.6. The van der Waals surface area contributed by atoms with Crippen LogP contribution in [0.15, 0.2) is 0 Å². The van der Waals surface area contributed by atoms with Crippen LogP contribution in [0.2, 0.25) is 0 Å². The highest BCUT2D eigenvalue weighted by atomic mass is 16.6. The summed E-state index contributed by atoms with van der Waals surface area (Å²) in [4.78, 5) is 12.1. The van der Waals surface area contributed by atoms with Crippen molar-refractivity contribution in [3.8, 4) is 0 Å². The first kappa shape index (κ1) is 31.3. The Kier molecular flexibility index (Phi) is 19.9. The van der Waals surface area contributed by atoms with Gasteiger partial charge in [-0.05, 0) is 6.42 Å². The van der Waals surface area contributed by atoms with Crippen LogP contribution in [0.4, 0.5) is 0 Å². The Morgan fingerprint density at radius 2 is 1.15 bits per heavy atom. The largest absolute Gasteiger partial charge is 0.457 e. The van der Waals surface area contributed by atoms with Gasteiger partial charge in [-0.2, -0.15) is 0 Å². The number of hydrogen-bond acceptors (Lipinski definition) is 6. The van der Waals surface area contributed by atoms with E-state index in [0.29, 0.717) is 0 Å². The van der Waals surface area contributed by atoms with E-state index in [0.717, 1.165) is 19.3 Å². The van der Waals surface area contributed by atoms with Gasteiger partial charge < -0.3 is 24.8 Å². The van der Waals surface area contributed by atoms with Gasteiger partial charge in [0, 0.05) is 6.42 Å². The van der Waals surface area contributed by atoms with Crippen molar-refractivity contribution in [1.29, 1.82) is 0 Å². The summed E-state index contributed by atoms with van der Waals surface area (Å²) in [5, 5.41) is 29.0. The molecule has 0 radical (unpaired) electrons. The second-order valence-electron chi connectivity index (χ2n) is 10.2. The highest BCUT2D eigenvalue weighted by Gasteiger charge is 2.41. The number of ether oxygens (including phenoxy) is 2. The molecule has 1 fully saturated rings. The van der Waals surface area contributed by atoms with Crippen LogP contribution >= 0.6 is 0 Å². The summed E-state index contributed by atoms with van der Waals surface area (Å²) in [5.41, 5.74) is 0. The third-order valence-electron chi connectivity index (χ3n) is 7.01. The van der Waals surface area contributed by atoms with Gasteiger partial charge in [0.1, 0.15) is 18.3 Å². The molecule has 0 aromatic rings. The number of esters is 1. The van der Waals surface area contributed by atoms with E-state index in [9.17, 15) is 20.1 Å². The van der Waals surface area contributed by atoms with Crippen LogP contribution < -0.4 is 0 Å². The van der Waals surface area contributed by atoms with Crippen molar-refractivity contribution in [2.24, 2.45) is 0 Å². The number of aliphatic hydroxyl groups excluding tert-OH is 3. The number of unbranched alkanes of at least 4 members (excludes halogenated alkanes) is 18. The van der Waals surface area contributed by atoms with E-state index in [2.05, 4.69) is 6.92 Å². The van der Waals surface area contributed by atoms with E-state index >= 15 is 0 Å². The lowest BCUT2D eigenvalue weighted by molar-refractivity contribution is -0.213. The summed E-state index contributed by atoms with van der Waals surface area (Å²) in [6, 6.07) is 0. The fourth-order valence-electron chi connectivity index (χ4n) is 4.72. The Hall–Kier alpha value is -0.690. The van der Waals surface area contributed by atoms with Crippen LogP contribution in [0.1, 0.15) is 135 Å². The molecule has 0 aromatic heterocycles. The summed E-state index contributed by atoms with van der Waals surface area (Å²) in [6.07, 6.45) is 21.0. The van der Waals surface area contributed by atoms with E-state index in [1.807, 2.05) is 0 Å². The maximum atomic E-state index is 12.1. The third-order valence-corrected chi connectivity index (χ3v) is 7.01. The molecule has 0 spiro atoms. The lowest BCUT2D eigenvalue weighted by atomic mass is 10.00. The van der Waals surface area contributed by atoms with Crippen molar-refractivity contribution in [3.63, 3.8) is 0 Å². The predicted octanol–water partition coefficient (Wildman–Crippen LogP) is 5.83. The lowest BCUT2D eigenvalue weighted by Crippen LogP contribution is -2.55. The quantitative estimate of drug-likeness (QED) is 0.132. The highest BCUT2D eigenvalue weighted by molar-refractivity contribution is 5.69. The van der Waals surface area contributed by atoms with Gasteiger partial charge in [-0.15, -0.1) is 0 Å². The van der Waals surface area contributed by atoms with Crippen LogP contribution in [-0.2, 0) is 14.3 Å². The molecule has 1 saturated heterocycles. The fourth-order valence-corrected chi connectivity index (χ4v) is 4.72. The Morgan fingerprint density at radius 1 is 0.735 bits per heavy atom. The molecule has 1 aliphatic heterocycles. The number of aliphatic hydroxyl groups is 3. The average molecular weight is 487 g/mol. The Labute approximate surface area is 208 Å². The van der Waals surface area contributed by atoms with E-state index in [1.165, 1.54) is 103 Å². The Balaban J connectivity index is 1.84. The summed E-state index contributed by atoms with van der Waals surface area (Å²) >= 11 is 0. The normalized spacial score (nSPS) is 22.7. The summed E-state index contributed by atoms with van der Waals surface area (Å²) in [5.74, 6) is -0.410. The van der Waals surface area contributed by atoms with Gasteiger partial charge in [-0.1, -0.05) is 122 Å². The average Bonchev–Trinajstić information content (AvgIpc) is 2.83. The van der Waals surface area contributed by atoms with Crippen LogP contribution in [0.3, 0.4) is 0 Å². The lowest BCUT2D eigenvalue weighted by Gasteiger charge is -2.36. The summed E-state index contributed by atoms with van der Waals surface area (Å²) in [7, 11) is 0. The molecule has 6 nitrogen and oxygen atoms in total. The topological polar surface area (TPSA) is 96.2 Å². The van der Waals surface area contributed by atoms with Crippen molar-refractivity contribution >= 4 is 5.97 Å². The number of carbonyl (C=O) groups is 1. The van der Waals surface area contributed by atoms with Gasteiger partial charge in [0.2, 0.25) is 0 Å². The third kappa shape index (κ3) is 15.3. The zero-order valence-electron chi connectivity index (χ0n) is 21.9. The van der Waals surface area contributed by atoms with E-state index in [1.54, 1.807) is 0 Å². The minimum absolute atomic E-state index is 0.0697. The molecule has 1 rings (SSSR count). The molecule has 202 valence electrons. The van der Waals surface area contributed by atoms with Crippen LogP contribution in [-0.4, -0.2) is 58.9 Å². The zero-order chi connectivity index (χ0) is 24.9. The molecule has 0 aromatic carbocycles. The maximum Gasteiger partial charge on any atom is 0.306 e. The number of carbonyl (C=O) groups excluding carboxylic acids is 1. The molecular weight excluding hydrogens is 432 g/mol. The fraction of sp³-hybridized carbons (Fsp3) is 0.964. The zero-order valence-corrected chi connectivity index (χ0v) is 21.9. The minimum atomic E-state index is -1.22. The Bertz CT molecular complexity index is 470. The first-order valence-electron chi connectivity index (χ1n) is 14.4. The summed E-state index contributed by atoms with van der Waals surface area (Å²) in [6.45, 7) is 1.84. The molecule has 3 N–H and O–H groups in total. The van der Waals surface area contributed by atoms with Crippen LogP contribution in [0, 0.1) is 0 Å². The predicted molar refractivity (Wildman–Crippen MR) is 137 cm³/mol. The van der Waals surface area contributed by atoms with E-state index in [-0.39, 0.29) is 19.6 Å². The molecule has 34 heavy (non-hydrogen) atoms. The van der Waals surface area contributed by atoms with Crippen molar-refractivity contribution in [2.45, 2.75) is 160 Å². The van der Waals surface area contributed by atoms with Gasteiger partial charge in [0.05, 0.1) is 13.2 Å². The first-order valence-corrected chi connectivity index (χ1v) is 14.4. The van der Waals surface area contributed by atoms with Crippen molar-refractivity contribution in [2.75, 3.05) is 13.2 Å². The SMILES string of the molecule is CCCCCCCCCCCCCCCCCCCCCC(=O)O[C@H]1[C@H](O)[C@H](O)CO[C@@H]1CO. The molecule has 0 saturated carbocycles. The number of rotatable bonds is 22. The second-order valence-corrected chi connectivity index (χ2v) is 10.2. The van der Waals surface area contributed by atoms with Crippen LogP contribution in [0.5, 0.6) is 0 Å². The molecule has 1 heterocycles. The standard InChI is InChI=1S/C28H54O6/c1-2-3-4-5-6-7-8-9-10-11-12-13-14-15-16-17-18-19-20-21-26(31)34-28-25(22-29)33-23-24(30)27(28)32/h24-25,27-30,32H,2-23H2,1H3/t24-,25-,27-,28-/m1/s1. The maximum absolute atomic E-state index is 12.1. The highest BCUT2D eigenvalue weighted by Crippen LogP contribution is 2.20. The molecule has 0 aliphatic carbocycles. The monoisotopic (exact) mass is 486 g/mol. The Morgan fingerprint density at radius 3 is 1.56 bits per heavy atom. The molecule has 0 bridgehead atoms. The van der Waals surface area contributed by atoms with E-state index < -0.39 is 30.4 Å². The number of hydrogen-bond donors (Lipinski definition) is 3. The minimum Gasteiger partial charge on any atom is -0.457 e. The second kappa shape index (κ2) is 21.6. The van der Waals surface area contributed by atoms with Gasteiger partial charge in [-0.25, -0.2) is 0 Å². The van der Waals surface area contributed by atoms with Gasteiger partial charge in [0.25, 0.3) is 0 Å². The molecule has 6 heteroatoms. The molecule has 1 aliphatic rings. The van der Waals surface area contributed by atoms with Gasteiger partial charge in [-0.3, -0.25) is 4.79 Å². The molecule has 0 amide bonds.